The predicted octanol–water partition coefficient (Wildman–Crippen LogP) is 3.83. The minimum Gasteiger partial charge on any atom is -0.389 e. The van der Waals surface area contributed by atoms with Gasteiger partial charge < -0.3 is 11.1 Å². The van der Waals surface area contributed by atoms with Crippen molar-refractivity contribution in [3.63, 3.8) is 0 Å². The highest BCUT2D eigenvalue weighted by molar-refractivity contribution is 9.10. The van der Waals surface area contributed by atoms with E-state index in [0.717, 1.165) is 15.7 Å². The van der Waals surface area contributed by atoms with Crippen molar-refractivity contribution < 1.29 is 4.39 Å². The highest BCUT2D eigenvalue weighted by Crippen LogP contribution is 2.22. The summed E-state index contributed by atoms with van der Waals surface area (Å²) in [6.45, 7) is 0.422. The summed E-state index contributed by atoms with van der Waals surface area (Å²) in [6, 6.07) is 12.2. The number of anilines is 1. The fourth-order valence-electron chi connectivity index (χ4n) is 1.66. The van der Waals surface area contributed by atoms with Crippen LogP contribution >= 0.6 is 28.1 Å². The van der Waals surface area contributed by atoms with E-state index in [4.69, 9.17) is 18.0 Å². The molecule has 0 spiro atoms. The molecule has 0 atom stereocenters. The van der Waals surface area contributed by atoms with E-state index < -0.39 is 0 Å². The predicted molar refractivity (Wildman–Crippen MR) is 83.8 cm³/mol. The first-order chi connectivity index (χ1) is 9.08. The molecule has 0 saturated heterocycles. The molecular formula is C14H12BrFN2S. The SMILES string of the molecule is NC(=S)c1ccc(NCc2ccccc2F)cc1Br. The van der Waals surface area contributed by atoms with Crippen molar-refractivity contribution in [2.45, 2.75) is 6.54 Å². The van der Waals surface area contributed by atoms with Crippen LogP contribution in [0.1, 0.15) is 11.1 Å². The topological polar surface area (TPSA) is 38.0 Å². The number of thiocarbonyl (C=S) groups is 1. The van der Waals surface area contributed by atoms with Gasteiger partial charge in [0.25, 0.3) is 0 Å². The molecule has 2 nitrogen and oxygen atoms in total. The zero-order valence-corrected chi connectivity index (χ0v) is 12.4. The molecule has 19 heavy (non-hydrogen) atoms. The molecule has 0 aliphatic carbocycles. The fourth-order valence-corrected chi connectivity index (χ4v) is 2.57. The first-order valence-corrected chi connectivity index (χ1v) is 6.84. The average Bonchev–Trinajstić information content (AvgIpc) is 2.37. The Balaban J connectivity index is 2.11. The molecule has 98 valence electrons. The van der Waals surface area contributed by atoms with E-state index in [0.29, 0.717) is 17.1 Å². The molecule has 5 heteroatoms. The molecule has 0 fully saturated rings. The lowest BCUT2D eigenvalue weighted by Crippen LogP contribution is -2.10. The van der Waals surface area contributed by atoms with Crippen LogP contribution in [-0.4, -0.2) is 4.99 Å². The van der Waals surface area contributed by atoms with Crippen LogP contribution in [0, 0.1) is 5.82 Å². The molecule has 0 saturated carbocycles. The second-order valence-electron chi connectivity index (χ2n) is 4.00. The molecule has 0 amide bonds. The van der Waals surface area contributed by atoms with Crippen LogP contribution in [0.3, 0.4) is 0 Å². The fraction of sp³-hybridized carbons (Fsp3) is 0.0714. The normalized spacial score (nSPS) is 10.2. The molecule has 0 radical (unpaired) electrons. The number of nitrogens with two attached hydrogens (primary N) is 1. The lowest BCUT2D eigenvalue weighted by molar-refractivity contribution is 0.613. The zero-order valence-electron chi connectivity index (χ0n) is 9.99. The van der Waals surface area contributed by atoms with E-state index in [-0.39, 0.29) is 5.82 Å². The highest BCUT2D eigenvalue weighted by Gasteiger charge is 2.05. The number of hydrogen-bond acceptors (Lipinski definition) is 2. The Morgan fingerprint density at radius 2 is 2.00 bits per heavy atom. The van der Waals surface area contributed by atoms with Crippen molar-refractivity contribution in [2.75, 3.05) is 5.32 Å². The van der Waals surface area contributed by atoms with E-state index in [2.05, 4.69) is 21.2 Å². The van der Waals surface area contributed by atoms with Crippen molar-refractivity contribution in [3.05, 3.63) is 63.9 Å². The number of benzene rings is 2. The third-order valence-electron chi connectivity index (χ3n) is 2.68. The van der Waals surface area contributed by atoms with Crippen LogP contribution in [0.5, 0.6) is 0 Å². The van der Waals surface area contributed by atoms with Crippen molar-refractivity contribution in [1.82, 2.24) is 0 Å². The van der Waals surface area contributed by atoms with Gasteiger partial charge in [0.15, 0.2) is 0 Å². The number of nitrogens with one attached hydrogen (secondary N) is 1. The Morgan fingerprint density at radius 1 is 1.26 bits per heavy atom. The third-order valence-corrected chi connectivity index (χ3v) is 3.55. The third kappa shape index (κ3) is 3.52. The summed E-state index contributed by atoms with van der Waals surface area (Å²) in [5.41, 5.74) is 7.86. The van der Waals surface area contributed by atoms with Gasteiger partial charge in [-0.15, -0.1) is 0 Å². The second-order valence-corrected chi connectivity index (χ2v) is 5.30. The standard InChI is InChI=1S/C14H12BrFN2S/c15-12-7-10(5-6-11(12)14(17)19)18-8-9-3-1-2-4-13(9)16/h1-7,18H,8H2,(H2,17,19). The number of hydrogen-bond donors (Lipinski definition) is 2. The summed E-state index contributed by atoms with van der Waals surface area (Å²) in [5, 5.41) is 3.15. The second kappa shape index (κ2) is 6.12. The van der Waals surface area contributed by atoms with E-state index in [9.17, 15) is 4.39 Å². The smallest absolute Gasteiger partial charge is 0.128 e. The Morgan fingerprint density at radius 3 is 2.63 bits per heavy atom. The largest absolute Gasteiger partial charge is 0.389 e. The maximum Gasteiger partial charge on any atom is 0.128 e. The Hall–Kier alpha value is -1.46. The highest BCUT2D eigenvalue weighted by atomic mass is 79.9. The van der Waals surface area contributed by atoms with Crippen LogP contribution < -0.4 is 11.1 Å². The Bertz CT molecular complexity index is 616. The van der Waals surface area contributed by atoms with Gasteiger partial charge in [-0.3, -0.25) is 0 Å². The summed E-state index contributed by atoms with van der Waals surface area (Å²) >= 11 is 8.34. The molecule has 2 aromatic rings. The summed E-state index contributed by atoms with van der Waals surface area (Å²) in [4.78, 5) is 0.340. The Kier molecular flexibility index (Phi) is 4.50. The lowest BCUT2D eigenvalue weighted by Gasteiger charge is -2.09. The van der Waals surface area contributed by atoms with Crippen molar-refractivity contribution in [2.24, 2.45) is 5.73 Å². The summed E-state index contributed by atoms with van der Waals surface area (Å²) in [5.74, 6) is -0.214. The molecule has 0 aliphatic heterocycles. The van der Waals surface area contributed by atoms with Gasteiger partial charge in [0.1, 0.15) is 10.8 Å². The molecule has 0 unspecified atom stereocenters. The first-order valence-electron chi connectivity index (χ1n) is 5.64. The number of rotatable bonds is 4. The molecule has 0 bridgehead atoms. The monoisotopic (exact) mass is 338 g/mol. The summed E-state index contributed by atoms with van der Waals surface area (Å²) in [7, 11) is 0. The van der Waals surface area contributed by atoms with E-state index in [1.165, 1.54) is 6.07 Å². The maximum atomic E-state index is 13.5. The van der Waals surface area contributed by atoms with Crippen molar-refractivity contribution >= 4 is 38.8 Å². The number of halogens is 2. The van der Waals surface area contributed by atoms with Gasteiger partial charge in [0.2, 0.25) is 0 Å². The minimum atomic E-state index is -0.214. The van der Waals surface area contributed by atoms with Crippen LogP contribution in [-0.2, 0) is 6.54 Å². The van der Waals surface area contributed by atoms with Gasteiger partial charge in [-0.05, 0) is 40.2 Å². The summed E-state index contributed by atoms with van der Waals surface area (Å²) in [6.07, 6.45) is 0. The van der Waals surface area contributed by atoms with Crippen LogP contribution in [0.4, 0.5) is 10.1 Å². The van der Waals surface area contributed by atoms with Gasteiger partial charge >= 0.3 is 0 Å². The maximum absolute atomic E-state index is 13.5. The zero-order chi connectivity index (χ0) is 13.8. The van der Waals surface area contributed by atoms with Gasteiger partial charge in [-0.1, -0.05) is 30.4 Å². The average molecular weight is 339 g/mol. The van der Waals surface area contributed by atoms with Gasteiger partial charge in [-0.25, -0.2) is 4.39 Å². The first kappa shape index (κ1) is 14.0. The molecular weight excluding hydrogens is 327 g/mol. The van der Waals surface area contributed by atoms with E-state index in [1.807, 2.05) is 24.3 Å². The Labute approximate surface area is 124 Å². The molecule has 3 N–H and O–H groups in total. The lowest BCUT2D eigenvalue weighted by atomic mass is 10.2. The molecule has 0 aromatic heterocycles. The van der Waals surface area contributed by atoms with Crippen molar-refractivity contribution in [3.8, 4) is 0 Å². The van der Waals surface area contributed by atoms with Gasteiger partial charge in [-0.2, -0.15) is 0 Å². The molecule has 0 aliphatic rings. The van der Waals surface area contributed by atoms with Crippen LogP contribution in [0.25, 0.3) is 0 Å². The van der Waals surface area contributed by atoms with Gasteiger partial charge in [0, 0.05) is 27.8 Å². The molecule has 0 heterocycles. The summed E-state index contributed by atoms with van der Waals surface area (Å²) < 4.78 is 14.3. The van der Waals surface area contributed by atoms with E-state index >= 15 is 0 Å². The molecule has 2 aromatic carbocycles. The quantitative estimate of drug-likeness (QED) is 0.832. The van der Waals surface area contributed by atoms with E-state index in [1.54, 1.807) is 12.1 Å². The van der Waals surface area contributed by atoms with Crippen LogP contribution in [0.15, 0.2) is 46.9 Å². The molecule has 2 rings (SSSR count). The van der Waals surface area contributed by atoms with Crippen LogP contribution in [0.2, 0.25) is 0 Å². The van der Waals surface area contributed by atoms with Gasteiger partial charge in [0.05, 0.1) is 0 Å². The van der Waals surface area contributed by atoms with Crippen molar-refractivity contribution in [1.29, 1.82) is 0 Å². The minimum absolute atomic E-state index is 0.214.